The van der Waals surface area contributed by atoms with Crippen molar-refractivity contribution in [2.75, 3.05) is 12.5 Å². The second-order valence-corrected chi connectivity index (χ2v) is 5.29. The highest BCUT2D eigenvalue weighted by Crippen LogP contribution is 2.29. The van der Waals surface area contributed by atoms with E-state index in [2.05, 4.69) is 15.6 Å². The molecule has 3 rings (SSSR count). The molecular weight excluding hydrogens is 274 g/mol. The van der Waals surface area contributed by atoms with Crippen LogP contribution in [-0.2, 0) is 0 Å². The van der Waals surface area contributed by atoms with Crippen LogP contribution in [0.2, 0.25) is 0 Å². The van der Waals surface area contributed by atoms with Crippen LogP contribution in [0.1, 0.15) is 24.4 Å². The Morgan fingerprint density at radius 3 is 2.70 bits per heavy atom. The maximum absolute atomic E-state index is 5.90. The number of benzene rings is 1. The smallest absolute Gasteiger partial charge is 0.214 e. The van der Waals surface area contributed by atoms with Crippen molar-refractivity contribution in [3.8, 4) is 5.75 Å². The molecule has 6 nitrogen and oxygen atoms in total. The molecule has 0 amide bonds. The molecule has 7 heteroatoms. The average Bonchev–Trinajstić information content (AvgIpc) is 2.90. The predicted octanol–water partition coefficient (Wildman–Crippen LogP) is 1.95. The van der Waals surface area contributed by atoms with E-state index in [1.165, 1.54) is 11.8 Å². The third-order valence-corrected chi connectivity index (χ3v) is 3.81. The molecule has 104 valence electrons. The van der Waals surface area contributed by atoms with Gasteiger partial charge in [-0.15, -0.1) is 10.2 Å². The topological polar surface area (TPSA) is 78.0 Å². The molecule has 0 saturated heterocycles. The largest absolute Gasteiger partial charge is 0.497 e. The SMILES string of the molecule is COc1ccc(C2=CSc3nnc([C@H](C)N)n3N2)cc1. The minimum Gasteiger partial charge on any atom is -0.497 e. The highest BCUT2D eigenvalue weighted by Gasteiger charge is 2.20. The molecule has 1 aliphatic rings. The van der Waals surface area contributed by atoms with Crippen LogP contribution in [0, 0.1) is 0 Å². The van der Waals surface area contributed by atoms with E-state index in [9.17, 15) is 0 Å². The minimum absolute atomic E-state index is 0.181. The predicted molar refractivity (Wildman–Crippen MR) is 78.8 cm³/mol. The fourth-order valence-electron chi connectivity index (χ4n) is 1.92. The van der Waals surface area contributed by atoms with E-state index in [4.69, 9.17) is 10.5 Å². The lowest BCUT2D eigenvalue weighted by Gasteiger charge is -2.20. The summed E-state index contributed by atoms with van der Waals surface area (Å²) >= 11 is 1.52. The number of thioether (sulfide) groups is 1. The normalized spacial score (nSPS) is 15.1. The standard InChI is InChI=1S/C13H15N5OS/c1-8(14)12-15-16-13-18(12)17-11(7-20-13)9-3-5-10(19-2)6-4-9/h3-8,17H,14H2,1-2H3/t8-/m0/s1. The average molecular weight is 289 g/mol. The number of fused-ring (bicyclic) bond motifs is 1. The second kappa shape index (κ2) is 5.18. The van der Waals surface area contributed by atoms with Crippen molar-refractivity contribution in [3.63, 3.8) is 0 Å². The lowest BCUT2D eigenvalue weighted by molar-refractivity contribution is 0.415. The molecule has 0 unspecified atom stereocenters. The molecule has 0 fully saturated rings. The summed E-state index contributed by atoms with van der Waals surface area (Å²) < 4.78 is 6.99. The van der Waals surface area contributed by atoms with Crippen molar-refractivity contribution >= 4 is 17.5 Å². The van der Waals surface area contributed by atoms with Crippen molar-refractivity contribution in [1.29, 1.82) is 0 Å². The van der Waals surface area contributed by atoms with Gasteiger partial charge in [-0.05, 0) is 31.2 Å². The summed E-state index contributed by atoms with van der Waals surface area (Å²) in [5.41, 5.74) is 11.2. The summed E-state index contributed by atoms with van der Waals surface area (Å²) in [5.74, 6) is 1.55. The number of rotatable bonds is 3. The molecule has 0 aliphatic carbocycles. The van der Waals surface area contributed by atoms with Crippen molar-refractivity contribution in [2.45, 2.75) is 18.1 Å². The summed E-state index contributed by atoms with van der Waals surface area (Å²) in [6.07, 6.45) is 0. The molecule has 1 aromatic heterocycles. The number of nitrogens with zero attached hydrogens (tertiary/aromatic N) is 3. The van der Waals surface area contributed by atoms with Crippen molar-refractivity contribution < 1.29 is 4.74 Å². The summed E-state index contributed by atoms with van der Waals surface area (Å²) in [6.45, 7) is 1.88. The first-order valence-electron chi connectivity index (χ1n) is 6.18. The quantitative estimate of drug-likeness (QED) is 0.899. The zero-order valence-corrected chi connectivity index (χ0v) is 12.0. The summed E-state index contributed by atoms with van der Waals surface area (Å²) in [4.78, 5) is 0. The van der Waals surface area contributed by atoms with Crippen molar-refractivity contribution in [2.24, 2.45) is 5.73 Å². The van der Waals surface area contributed by atoms with Crippen LogP contribution in [0.4, 0.5) is 0 Å². The molecule has 0 bridgehead atoms. The highest BCUT2D eigenvalue weighted by atomic mass is 32.2. The van der Waals surface area contributed by atoms with Crippen LogP contribution >= 0.6 is 11.8 Å². The number of methoxy groups -OCH3 is 1. The first-order chi connectivity index (χ1) is 9.69. The molecule has 0 spiro atoms. The Bertz CT molecular complexity index is 647. The monoisotopic (exact) mass is 289 g/mol. The van der Waals surface area contributed by atoms with E-state index in [1.54, 1.807) is 7.11 Å². The van der Waals surface area contributed by atoms with Crippen LogP contribution in [0.3, 0.4) is 0 Å². The first-order valence-corrected chi connectivity index (χ1v) is 7.06. The van der Waals surface area contributed by atoms with Crippen LogP contribution in [-0.4, -0.2) is 22.0 Å². The fourth-order valence-corrected chi connectivity index (χ4v) is 2.66. The van der Waals surface area contributed by atoms with E-state index in [-0.39, 0.29) is 6.04 Å². The van der Waals surface area contributed by atoms with Gasteiger partial charge in [0.1, 0.15) is 5.75 Å². The number of aromatic nitrogens is 3. The Hall–Kier alpha value is -1.99. The van der Waals surface area contributed by atoms with Gasteiger partial charge in [-0.3, -0.25) is 5.43 Å². The molecule has 20 heavy (non-hydrogen) atoms. The zero-order valence-electron chi connectivity index (χ0n) is 11.2. The van der Waals surface area contributed by atoms with Crippen molar-refractivity contribution in [3.05, 3.63) is 41.1 Å². The van der Waals surface area contributed by atoms with Gasteiger partial charge in [0.25, 0.3) is 0 Å². The maximum atomic E-state index is 5.90. The number of hydrogen-bond donors (Lipinski definition) is 2. The van der Waals surface area contributed by atoms with Crippen molar-refractivity contribution in [1.82, 2.24) is 14.9 Å². The van der Waals surface area contributed by atoms with Gasteiger partial charge in [-0.2, -0.15) is 0 Å². The number of hydrogen-bond acceptors (Lipinski definition) is 6. The third-order valence-electron chi connectivity index (χ3n) is 2.98. The van der Waals surface area contributed by atoms with Gasteiger partial charge >= 0.3 is 0 Å². The van der Waals surface area contributed by atoms with Gasteiger partial charge in [0.15, 0.2) is 5.82 Å². The van der Waals surface area contributed by atoms with Gasteiger partial charge in [-0.1, -0.05) is 11.8 Å². The van der Waals surface area contributed by atoms with Gasteiger partial charge < -0.3 is 10.5 Å². The summed E-state index contributed by atoms with van der Waals surface area (Å²) in [6, 6.07) is 7.67. The van der Waals surface area contributed by atoms with Gasteiger partial charge in [0, 0.05) is 11.0 Å². The van der Waals surface area contributed by atoms with Gasteiger partial charge in [-0.25, -0.2) is 4.68 Å². The van der Waals surface area contributed by atoms with Crippen LogP contribution in [0.15, 0.2) is 34.8 Å². The summed E-state index contributed by atoms with van der Waals surface area (Å²) in [5, 5.41) is 11.0. The Morgan fingerprint density at radius 2 is 2.05 bits per heavy atom. The highest BCUT2D eigenvalue weighted by molar-refractivity contribution is 8.02. The molecule has 1 atom stereocenters. The molecular formula is C13H15N5OS. The summed E-state index contributed by atoms with van der Waals surface area (Å²) in [7, 11) is 1.65. The van der Waals surface area contributed by atoms with E-state index in [0.29, 0.717) is 5.82 Å². The van der Waals surface area contributed by atoms with Gasteiger partial charge in [0.05, 0.1) is 18.8 Å². The minimum atomic E-state index is -0.181. The molecule has 3 N–H and O–H groups in total. The molecule has 1 aliphatic heterocycles. The lowest BCUT2D eigenvalue weighted by atomic mass is 10.2. The second-order valence-electron chi connectivity index (χ2n) is 4.45. The van der Waals surface area contributed by atoms with Gasteiger partial charge in [0.2, 0.25) is 5.16 Å². The number of ether oxygens (including phenoxy) is 1. The fraction of sp³-hybridized carbons (Fsp3) is 0.231. The molecule has 0 saturated carbocycles. The maximum Gasteiger partial charge on any atom is 0.214 e. The first kappa shape index (κ1) is 13.0. The Balaban J connectivity index is 1.89. The number of nitrogens with two attached hydrogens (primary N) is 1. The molecule has 2 aromatic rings. The lowest BCUT2D eigenvalue weighted by Crippen LogP contribution is -2.23. The third kappa shape index (κ3) is 2.25. The van der Waals surface area contributed by atoms with E-state index in [1.807, 2.05) is 41.3 Å². The van der Waals surface area contributed by atoms with Crippen LogP contribution in [0.5, 0.6) is 5.75 Å². The van der Waals surface area contributed by atoms with E-state index in [0.717, 1.165) is 22.2 Å². The Labute approximate surface area is 121 Å². The van der Waals surface area contributed by atoms with Crippen LogP contribution < -0.4 is 15.9 Å². The Kier molecular flexibility index (Phi) is 3.37. The van der Waals surface area contributed by atoms with Crippen LogP contribution in [0.25, 0.3) is 5.70 Å². The molecule has 2 heterocycles. The molecule has 0 radical (unpaired) electrons. The molecule has 1 aromatic carbocycles. The van der Waals surface area contributed by atoms with E-state index < -0.39 is 0 Å². The zero-order chi connectivity index (χ0) is 14.1. The number of nitrogens with one attached hydrogen (secondary N) is 1. The van der Waals surface area contributed by atoms with E-state index >= 15 is 0 Å². The Morgan fingerprint density at radius 1 is 1.30 bits per heavy atom.